The molecule has 0 bridgehead atoms. The van der Waals surface area contributed by atoms with Crippen LogP contribution >= 0.6 is 0 Å². The van der Waals surface area contributed by atoms with E-state index in [0.717, 1.165) is 7.05 Å². The molecule has 7 nitrogen and oxygen atoms in total. The third kappa shape index (κ3) is 2.24. The highest BCUT2D eigenvalue weighted by Crippen LogP contribution is 2.44. The van der Waals surface area contributed by atoms with E-state index in [0.29, 0.717) is 9.80 Å². The maximum atomic E-state index is 13.7. The van der Waals surface area contributed by atoms with Crippen molar-refractivity contribution >= 4 is 22.7 Å². The van der Waals surface area contributed by atoms with Crippen LogP contribution in [0.4, 0.5) is 0 Å². The highest BCUT2D eigenvalue weighted by atomic mass is 16.7. The van der Waals surface area contributed by atoms with Gasteiger partial charge in [-0.2, -0.15) is 0 Å². The number of aromatic amines is 1. The van der Waals surface area contributed by atoms with Gasteiger partial charge in [-0.05, 0) is 29.3 Å². The highest BCUT2D eigenvalue weighted by molar-refractivity contribution is 5.97. The van der Waals surface area contributed by atoms with Crippen LogP contribution in [-0.2, 0) is 16.0 Å². The molecule has 1 fully saturated rings. The Morgan fingerprint density at radius 2 is 2.03 bits per heavy atom. The van der Waals surface area contributed by atoms with Gasteiger partial charge in [0.05, 0.1) is 26.2 Å². The fourth-order valence-corrected chi connectivity index (χ4v) is 3.84. The van der Waals surface area contributed by atoms with E-state index < -0.39 is 103 Å². The van der Waals surface area contributed by atoms with E-state index in [4.69, 9.17) is 24.6 Å². The number of amides is 2. The van der Waals surface area contributed by atoms with Crippen molar-refractivity contribution < 1.29 is 35.5 Å². The summed E-state index contributed by atoms with van der Waals surface area (Å²) in [7, 11) is 0.996. The van der Waals surface area contributed by atoms with Gasteiger partial charge in [0.2, 0.25) is 18.6 Å². The minimum Gasteiger partial charge on any atom is -0.454 e. The molecular formula is C22H19N3O4. The average molecular weight is 401 g/mol. The number of ether oxygens (including phenoxy) is 2. The van der Waals surface area contributed by atoms with Gasteiger partial charge in [-0.1, -0.05) is 24.2 Å². The minimum atomic E-state index is -2.98. The molecule has 7 heteroatoms. The van der Waals surface area contributed by atoms with E-state index in [1.165, 1.54) is 0 Å². The van der Waals surface area contributed by atoms with Gasteiger partial charge >= 0.3 is 0 Å². The van der Waals surface area contributed by atoms with Crippen LogP contribution in [0.5, 0.6) is 11.5 Å². The Hall–Kier alpha value is -3.48. The number of likely N-dealkylation sites (N-methyl/N-ethyl adjacent to an activating group) is 1. The lowest BCUT2D eigenvalue weighted by Crippen LogP contribution is -2.62. The Morgan fingerprint density at radius 3 is 2.93 bits per heavy atom. The molecule has 1 saturated heterocycles. The molecule has 0 radical (unpaired) electrons. The second-order valence-electron chi connectivity index (χ2n) is 6.68. The third-order valence-corrected chi connectivity index (χ3v) is 5.10. The van der Waals surface area contributed by atoms with Gasteiger partial charge in [0.25, 0.3) is 0 Å². The normalized spacial score (nSPS) is 34.7. The molecule has 1 unspecified atom stereocenters. The molecular weight excluding hydrogens is 370 g/mol. The van der Waals surface area contributed by atoms with Gasteiger partial charge < -0.3 is 24.3 Å². The zero-order chi connectivity index (χ0) is 30.3. The number of nitrogens with one attached hydrogen (secondary N) is 1. The molecule has 0 aliphatic carbocycles. The summed E-state index contributed by atoms with van der Waals surface area (Å²) < 4.78 is 111. The number of para-hydroxylation sites is 1. The summed E-state index contributed by atoms with van der Waals surface area (Å²) in [5, 5.41) is -0.0972. The highest BCUT2D eigenvalue weighted by Gasteiger charge is 2.47. The number of fused-ring (bicyclic) bond motifs is 5. The van der Waals surface area contributed by atoms with Crippen LogP contribution in [0.2, 0.25) is 0 Å². The van der Waals surface area contributed by atoms with Gasteiger partial charge in [0, 0.05) is 30.1 Å². The lowest BCUT2D eigenvalue weighted by Gasteiger charge is -2.46. The predicted molar refractivity (Wildman–Crippen MR) is 105 cm³/mol. The Bertz CT molecular complexity index is 1760. The molecule has 2 atom stereocenters. The second-order valence-corrected chi connectivity index (χ2v) is 6.68. The first-order valence-corrected chi connectivity index (χ1v) is 8.61. The molecule has 0 saturated carbocycles. The molecule has 2 amide bonds. The van der Waals surface area contributed by atoms with Crippen molar-refractivity contribution in [3.63, 3.8) is 0 Å². The second kappa shape index (κ2) is 5.76. The summed E-state index contributed by atoms with van der Waals surface area (Å²) in [5.41, 5.74) is -0.805. The van der Waals surface area contributed by atoms with Crippen LogP contribution in [0, 0.1) is 0 Å². The number of rotatable bonds is 1. The van der Waals surface area contributed by atoms with Gasteiger partial charge in [-0.3, -0.25) is 9.59 Å². The first-order chi connectivity index (χ1) is 18.9. The summed E-state index contributed by atoms with van der Waals surface area (Å²) in [6.45, 7) is -5.78. The molecule has 29 heavy (non-hydrogen) atoms. The van der Waals surface area contributed by atoms with Crippen molar-refractivity contribution in [2.45, 2.75) is 18.5 Å². The minimum absolute atomic E-state index is 0.00131. The maximum Gasteiger partial charge on any atom is 0.245 e. The third-order valence-electron chi connectivity index (χ3n) is 5.10. The maximum absolute atomic E-state index is 13.7. The van der Waals surface area contributed by atoms with E-state index in [-0.39, 0.29) is 22.2 Å². The lowest BCUT2D eigenvalue weighted by molar-refractivity contribution is -0.157. The number of aromatic nitrogens is 1. The molecule has 1 aromatic heterocycles. The fourth-order valence-electron chi connectivity index (χ4n) is 3.84. The molecule has 146 valence electrons. The monoisotopic (exact) mass is 401 g/mol. The van der Waals surface area contributed by atoms with Crippen LogP contribution in [-0.4, -0.2) is 52.9 Å². The van der Waals surface area contributed by atoms with Crippen molar-refractivity contribution in [2.75, 3.05) is 20.3 Å². The number of hydrogen-bond donors (Lipinski definition) is 1. The first kappa shape index (κ1) is 8.49. The van der Waals surface area contributed by atoms with Crippen LogP contribution < -0.4 is 9.47 Å². The first-order valence-electron chi connectivity index (χ1n) is 14.6. The molecule has 0 spiro atoms. The van der Waals surface area contributed by atoms with E-state index in [9.17, 15) is 11.0 Å². The summed E-state index contributed by atoms with van der Waals surface area (Å²) in [6, 6.07) is -8.91. The average Bonchev–Trinajstić information content (AvgIpc) is 3.44. The molecule has 3 aliphatic heterocycles. The van der Waals surface area contributed by atoms with E-state index in [1.54, 1.807) is 0 Å². The number of carbonyl (C=O) groups excluding carboxylic acids is 2. The van der Waals surface area contributed by atoms with E-state index in [1.807, 2.05) is 0 Å². The molecule has 3 aromatic rings. The van der Waals surface area contributed by atoms with Crippen molar-refractivity contribution in [3.8, 4) is 11.5 Å². The number of nitrogens with zero attached hydrogens (tertiary/aromatic N) is 2. The molecule has 4 heterocycles. The van der Waals surface area contributed by atoms with E-state index in [2.05, 4.69) is 4.98 Å². The predicted octanol–water partition coefficient (Wildman–Crippen LogP) is 2.21. The van der Waals surface area contributed by atoms with Gasteiger partial charge in [0.15, 0.2) is 11.5 Å². The largest absolute Gasteiger partial charge is 0.454 e. The summed E-state index contributed by atoms with van der Waals surface area (Å²) >= 11 is 0. The van der Waals surface area contributed by atoms with Gasteiger partial charge in [-0.15, -0.1) is 0 Å². The number of benzene rings is 2. The molecule has 3 aliphatic rings. The van der Waals surface area contributed by atoms with Crippen molar-refractivity contribution in [3.05, 3.63) is 59.1 Å². The summed E-state index contributed by atoms with van der Waals surface area (Å²) in [5.74, 6) is -3.71. The Balaban J connectivity index is 1.76. The Kier molecular flexibility index (Phi) is 1.69. The van der Waals surface area contributed by atoms with Crippen molar-refractivity contribution in [1.82, 2.24) is 14.8 Å². The van der Waals surface area contributed by atoms with Crippen LogP contribution in [0.3, 0.4) is 0 Å². The van der Waals surface area contributed by atoms with Gasteiger partial charge in [-0.25, -0.2) is 0 Å². The van der Waals surface area contributed by atoms with E-state index >= 15 is 0 Å². The van der Waals surface area contributed by atoms with Crippen LogP contribution in [0.15, 0.2) is 42.3 Å². The standard InChI is InChI=1S/C22H19N3O4/c1-24-10-19(26)25-16(22(24)27)9-14-13-4-2-3-5-15(13)23-20(14)21(25)12-6-7-17-18(8-12)29-11-28-17/h2-8,16,21,23H,9-11H2,1H3/t16-,21?/m1/s1/i2D,3D,4D,5D,6D,7D,8D,10D2,11D2,16D. The lowest BCUT2D eigenvalue weighted by atomic mass is 9.86. The molecule has 1 N–H and O–H groups in total. The number of piperazine rings is 1. The molecule has 6 rings (SSSR count). The van der Waals surface area contributed by atoms with Gasteiger partial charge in [0.1, 0.15) is 8.76 Å². The van der Waals surface area contributed by atoms with Crippen molar-refractivity contribution in [1.29, 1.82) is 0 Å². The zero-order valence-corrected chi connectivity index (χ0v) is 14.8. The van der Waals surface area contributed by atoms with Crippen molar-refractivity contribution in [2.24, 2.45) is 0 Å². The fraction of sp³-hybridized carbons (Fsp3) is 0.273. The Labute approximate surface area is 183 Å². The Morgan fingerprint density at radius 1 is 1.21 bits per heavy atom. The zero-order valence-electron chi connectivity index (χ0n) is 26.8. The van der Waals surface area contributed by atoms with Crippen LogP contribution in [0.1, 0.15) is 39.3 Å². The number of H-pyrrole nitrogens is 1. The summed E-state index contributed by atoms with van der Waals surface area (Å²) in [4.78, 5) is 31.1. The number of carbonyl (C=O) groups is 2. The topological polar surface area (TPSA) is 74.9 Å². The smallest absolute Gasteiger partial charge is 0.245 e. The SMILES string of the molecule is [2H]c1c([2H])c(C2c3[nH]c4c([2H])c([2H])c([2H])c([2H])c4c3C[C@]3([2H])C(=O)N(C)C([2H])([2H])C(=O)N23)c([2H])c2c1OC([2H])([2H])O2. The number of hydrogen-bond acceptors (Lipinski definition) is 4. The molecule has 2 aromatic carbocycles. The quantitative estimate of drug-likeness (QED) is 0.678. The summed E-state index contributed by atoms with van der Waals surface area (Å²) in [6.07, 6.45) is -0.632. The van der Waals surface area contributed by atoms with Crippen LogP contribution in [0.25, 0.3) is 10.9 Å².